The molecule has 0 aliphatic carbocycles. The summed E-state index contributed by atoms with van der Waals surface area (Å²) in [6.07, 6.45) is 44.6. The predicted octanol–water partition coefficient (Wildman–Crippen LogP) is 19.2. The first-order chi connectivity index (χ1) is 41.9. The molecule has 19 heteroatoms. The van der Waals surface area contributed by atoms with E-state index in [9.17, 15) is 43.2 Å². The lowest BCUT2D eigenvalue weighted by molar-refractivity contribution is -0.161. The van der Waals surface area contributed by atoms with E-state index in [0.29, 0.717) is 25.7 Å². The van der Waals surface area contributed by atoms with Gasteiger partial charge in [-0.05, 0) is 37.5 Å². The maximum Gasteiger partial charge on any atom is 0.472 e. The fraction of sp³-hybridized carbons (Fsp3) is 0.941. The highest BCUT2D eigenvalue weighted by Crippen LogP contribution is 2.45. The lowest BCUT2D eigenvalue weighted by Gasteiger charge is -2.21. The molecule has 0 saturated carbocycles. The zero-order valence-corrected chi connectivity index (χ0v) is 58.1. The third-order valence-corrected chi connectivity index (χ3v) is 18.0. The van der Waals surface area contributed by atoms with Crippen molar-refractivity contribution < 1.29 is 80.2 Å². The van der Waals surface area contributed by atoms with Crippen molar-refractivity contribution in [2.75, 3.05) is 39.6 Å². The smallest absolute Gasteiger partial charge is 0.462 e. The zero-order chi connectivity index (χ0) is 64.3. The maximum absolute atomic E-state index is 13.0. The molecule has 17 nitrogen and oxygen atoms in total. The predicted molar refractivity (Wildman–Crippen MR) is 349 cm³/mol. The monoisotopic (exact) mass is 1280 g/mol. The van der Waals surface area contributed by atoms with Gasteiger partial charge in [-0.15, -0.1) is 0 Å². The second-order valence-electron chi connectivity index (χ2n) is 25.3. The number of aliphatic hydroxyl groups is 1. The normalized spacial score (nSPS) is 14.5. The van der Waals surface area contributed by atoms with Gasteiger partial charge in [-0.2, -0.15) is 0 Å². The Bertz CT molecular complexity index is 1700. The first-order valence-corrected chi connectivity index (χ1v) is 38.5. The summed E-state index contributed by atoms with van der Waals surface area (Å²) in [5, 5.41) is 10.5. The first kappa shape index (κ1) is 85.1. The molecule has 0 aliphatic rings. The molecule has 0 aliphatic heterocycles. The van der Waals surface area contributed by atoms with Gasteiger partial charge in [0.25, 0.3) is 0 Å². The molecule has 3 unspecified atom stereocenters. The molecule has 0 rings (SSSR count). The second-order valence-corrected chi connectivity index (χ2v) is 28.2. The summed E-state index contributed by atoms with van der Waals surface area (Å²) in [5.41, 5.74) is 0. The maximum atomic E-state index is 13.0. The molecule has 0 bridgehead atoms. The van der Waals surface area contributed by atoms with Crippen molar-refractivity contribution in [2.45, 2.75) is 362 Å². The van der Waals surface area contributed by atoms with Crippen LogP contribution in [-0.2, 0) is 65.4 Å². The van der Waals surface area contributed by atoms with Gasteiger partial charge in [0.15, 0.2) is 12.2 Å². The van der Waals surface area contributed by atoms with Gasteiger partial charge in [0.05, 0.1) is 26.4 Å². The van der Waals surface area contributed by atoms with Crippen LogP contribution in [0.15, 0.2) is 0 Å². The third-order valence-electron chi connectivity index (χ3n) is 16.1. The van der Waals surface area contributed by atoms with Crippen LogP contribution in [-0.4, -0.2) is 96.7 Å². The largest absolute Gasteiger partial charge is 0.472 e. The summed E-state index contributed by atoms with van der Waals surface area (Å²) in [7, 11) is -9.89. The minimum absolute atomic E-state index is 0.106. The van der Waals surface area contributed by atoms with Gasteiger partial charge < -0.3 is 33.8 Å². The molecule has 0 aromatic rings. The Morgan fingerprint density at radius 3 is 0.874 bits per heavy atom. The van der Waals surface area contributed by atoms with E-state index in [0.717, 1.165) is 108 Å². The minimum atomic E-state index is -4.95. The number of rotatable bonds is 67. The Balaban J connectivity index is 5.17. The highest BCUT2D eigenvalue weighted by molar-refractivity contribution is 7.47. The number of phosphoric ester groups is 2. The van der Waals surface area contributed by atoms with E-state index in [1.165, 1.54) is 154 Å². The molecular formula is C68H132O17P2. The number of esters is 4. The summed E-state index contributed by atoms with van der Waals surface area (Å²) in [6.45, 7) is 9.49. The van der Waals surface area contributed by atoms with Crippen LogP contribution < -0.4 is 0 Å². The van der Waals surface area contributed by atoms with E-state index in [4.69, 9.17) is 37.0 Å². The molecule has 3 N–H and O–H groups in total. The highest BCUT2D eigenvalue weighted by atomic mass is 31.2. The average Bonchev–Trinajstić information content (AvgIpc) is 3.70. The van der Waals surface area contributed by atoms with Crippen molar-refractivity contribution in [1.29, 1.82) is 0 Å². The van der Waals surface area contributed by atoms with Gasteiger partial charge >= 0.3 is 39.5 Å². The van der Waals surface area contributed by atoms with Gasteiger partial charge in [-0.3, -0.25) is 37.3 Å². The lowest BCUT2D eigenvalue weighted by atomic mass is 9.99. The van der Waals surface area contributed by atoms with Crippen LogP contribution in [0.5, 0.6) is 0 Å². The number of aliphatic hydroxyl groups excluding tert-OH is 1. The first-order valence-electron chi connectivity index (χ1n) is 35.5. The van der Waals surface area contributed by atoms with Crippen molar-refractivity contribution in [1.82, 2.24) is 0 Å². The number of phosphoric acid groups is 2. The van der Waals surface area contributed by atoms with Crippen LogP contribution in [0.1, 0.15) is 343 Å². The van der Waals surface area contributed by atoms with Gasteiger partial charge in [0.1, 0.15) is 19.3 Å². The summed E-state index contributed by atoms with van der Waals surface area (Å²) in [4.78, 5) is 72.2. The summed E-state index contributed by atoms with van der Waals surface area (Å²) in [6, 6.07) is 0. The van der Waals surface area contributed by atoms with E-state index < -0.39 is 97.5 Å². The van der Waals surface area contributed by atoms with Crippen molar-refractivity contribution in [3.05, 3.63) is 0 Å². The number of hydrogen-bond acceptors (Lipinski definition) is 15. The van der Waals surface area contributed by atoms with Crippen LogP contribution >= 0.6 is 15.6 Å². The number of unbranched alkanes of at least 4 members (excludes halogenated alkanes) is 36. The molecule has 516 valence electrons. The fourth-order valence-corrected chi connectivity index (χ4v) is 11.8. The average molecular weight is 1280 g/mol. The van der Waals surface area contributed by atoms with Gasteiger partial charge in [-0.25, -0.2) is 9.13 Å². The third kappa shape index (κ3) is 61.3. The molecule has 6 atom stereocenters. The van der Waals surface area contributed by atoms with Gasteiger partial charge in [0, 0.05) is 25.7 Å². The molecule has 0 aromatic heterocycles. The van der Waals surface area contributed by atoms with Crippen molar-refractivity contribution in [2.24, 2.45) is 11.8 Å². The molecule has 0 saturated heterocycles. The molecule has 0 radical (unpaired) electrons. The number of carbonyl (C=O) groups excluding carboxylic acids is 4. The zero-order valence-electron chi connectivity index (χ0n) is 56.3. The molecule has 0 heterocycles. The molecule has 0 spiro atoms. The number of hydrogen-bond donors (Lipinski definition) is 3. The van der Waals surface area contributed by atoms with E-state index in [2.05, 4.69) is 41.5 Å². The Morgan fingerprint density at radius 2 is 0.586 bits per heavy atom. The summed E-state index contributed by atoms with van der Waals surface area (Å²) >= 11 is 0. The highest BCUT2D eigenvalue weighted by Gasteiger charge is 2.30. The van der Waals surface area contributed by atoms with E-state index >= 15 is 0 Å². The summed E-state index contributed by atoms with van der Waals surface area (Å²) in [5.74, 6) is -0.541. The van der Waals surface area contributed by atoms with Crippen molar-refractivity contribution >= 4 is 39.5 Å². The van der Waals surface area contributed by atoms with Gasteiger partial charge in [-0.1, -0.05) is 292 Å². The molecule has 0 fully saturated rings. The molecular weight excluding hydrogens is 1150 g/mol. The van der Waals surface area contributed by atoms with Crippen LogP contribution in [0.25, 0.3) is 0 Å². The number of ether oxygens (including phenoxy) is 4. The second kappa shape index (κ2) is 60.3. The quantitative estimate of drug-likeness (QED) is 0.0222. The SMILES string of the molecule is CCCCCCCCCCCCCCC(=O)O[C@H](COC(=O)CCCCCCC)COP(=O)(O)OC[C@H](O)COP(=O)(O)OC[C@@H](COC(=O)CCCCCCCCCCCCC(C)CC)OC(=O)CCCCCCCCCCCCCCCC(C)C. The van der Waals surface area contributed by atoms with Crippen LogP contribution in [0.3, 0.4) is 0 Å². The Labute approximate surface area is 530 Å². The minimum Gasteiger partial charge on any atom is -0.462 e. The Hall–Kier alpha value is -1.94. The van der Waals surface area contributed by atoms with Crippen LogP contribution in [0.4, 0.5) is 0 Å². The topological polar surface area (TPSA) is 237 Å². The van der Waals surface area contributed by atoms with Crippen LogP contribution in [0, 0.1) is 11.8 Å². The molecule has 87 heavy (non-hydrogen) atoms. The van der Waals surface area contributed by atoms with Gasteiger partial charge in [0.2, 0.25) is 0 Å². The summed E-state index contributed by atoms with van der Waals surface area (Å²) < 4.78 is 68.0. The van der Waals surface area contributed by atoms with E-state index in [1.54, 1.807) is 0 Å². The van der Waals surface area contributed by atoms with Crippen LogP contribution in [0.2, 0.25) is 0 Å². The lowest BCUT2D eigenvalue weighted by Crippen LogP contribution is -2.30. The Morgan fingerprint density at radius 1 is 0.333 bits per heavy atom. The standard InChI is InChI=1S/C68H132O17P2/c1-7-10-12-14-15-16-17-22-29-34-40-46-52-67(72)84-63(56-78-65(70)50-44-36-13-11-8-2)58-82-86(74,75)80-54-62(69)55-81-87(76,77)83-59-64(57-79-66(71)51-45-39-33-28-25-24-27-32-38-43-49-61(6)9-3)85-68(73)53-47-41-35-30-23-20-18-19-21-26-31-37-42-48-60(4)5/h60-64,69H,7-59H2,1-6H3,(H,74,75)(H,76,77)/t61?,62-,63+,64+/m0/s1. The number of carbonyl (C=O) groups is 4. The van der Waals surface area contributed by atoms with E-state index in [1.807, 2.05) is 0 Å². The van der Waals surface area contributed by atoms with Crippen molar-refractivity contribution in [3.8, 4) is 0 Å². The van der Waals surface area contributed by atoms with Crippen molar-refractivity contribution in [3.63, 3.8) is 0 Å². The fourth-order valence-electron chi connectivity index (χ4n) is 10.2. The van der Waals surface area contributed by atoms with E-state index in [-0.39, 0.29) is 25.7 Å². The molecule has 0 aromatic carbocycles. The molecule has 0 amide bonds. The Kier molecular flexibility index (Phi) is 59.0.